The van der Waals surface area contributed by atoms with E-state index in [0.717, 1.165) is 9.13 Å². The molecule has 1 saturated heterocycles. The van der Waals surface area contributed by atoms with Crippen LogP contribution in [0.25, 0.3) is 16.9 Å². The van der Waals surface area contributed by atoms with Crippen molar-refractivity contribution in [2.24, 2.45) is 14.1 Å². The quantitative estimate of drug-likeness (QED) is 0.411. The number of esters is 1. The molecule has 14 heteroatoms. The summed E-state index contributed by atoms with van der Waals surface area (Å²) in [4.78, 5) is 55.4. The number of benzene rings is 1. The number of alkyl halides is 3. The van der Waals surface area contributed by atoms with Gasteiger partial charge in [0.05, 0.1) is 12.2 Å². The number of rotatable bonds is 4. The first-order chi connectivity index (χ1) is 16.4. The van der Waals surface area contributed by atoms with E-state index in [2.05, 4.69) is 10.3 Å². The minimum atomic E-state index is -5.22. The van der Waals surface area contributed by atoms with Gasteiger partial charge in [-0.1, -0.05) is 12.1 Å². The molecule has 35 heavy (non-hydrogen) atoms. The Labute approximate surface area is 195 Å². The first kappa shape index (κ1) is 24.2. The number of piperazine rings is 1. The van der Waals surface area contributed by atoms with Gasteiger partial charge in [-0.05, 0) is 19.1 Å². The highest BCUT2D eigenvalue weighted by molar-refractivity contribution is 5.98. The van der Waals surface area contributed by atoms with Gasteiger partial charge in [-0.3, -0.25) is 23.3 Å². The van der Waals surface area contributed by atoms with Crippen molar-refractivity contribution in [1.29, 1.82) is 0 Å². The summed E-state index contributed by atoms with van der Waals surface area (Å²) in [7, 11) is 2.66. The lowest BCUT2D eigenvalue weighted by molar-refractivity contribution is -0.205. The molecule has 0 bridgehead atoms. The molecular weight excluding hydrogens is 473 g/mol. The zero-order valence-corrected chi connectivity index (χ0v) is 18.9. The first-order valence-corrected chi connectivity index (χ1v) is 10.5. The fraction of sp³-hybridized carbons (Fsp3) is 0.381. The molecule has 2 aromatic heterocycles. The van der Waals surface area contributed by atoms with Crippen molar-refractivity contribution < 1.29 is 27.5 Å². The van der Waals surface area contributed by atoms with E-state index >= 15 is 0 Å². The second-order valence-corrected chi connectivity index (χ2v) is 7.95. The number of carbonyl (C=O) groups excluding carboxylic acids is 2. The minimum Gasteiger partial charge on any atom is -0.433 e. The van der Waals surface area contributed by atoms with Gasteiger partial charge in [-0.25, -0.2) is 9.59 Å². The number of hydrogen-bond acceptors (Lipinski definition) is 8. The number of halogens is 3. The van der Waals surface area contributed by atoms with E-state index < -0.39 is 29.6 Å². The summed E-state index contributed by atoms with van der Waals surface area (Å²) < 4.78 is 46.8. The average Bonchev–Trinajstić information content (AvgIpc) is 3.21. The van der Waals surface area contributed by atoms with Crippen LogP contribution < -0.4 is 21.5 Å². The summed E-state index contributed by atoms with van der Waals surface area (Å²) in [6.07, 6.45) is -6.65. The molecular formula is C21H21F3N6O5. The van der Waals surface area contributed by atoms with Crippen molar-refractivity contribution in [2.45, 2.75) is 19.3 Å². The van der Waals surface area contributed by atoms with Gasteiger partial charge in [0.15, 0.2) is 23.2 Å². The summed E-state index contributed by atoms with van der Waals surface area (Å²) in [6.45, 7) is 1.52. The van der Waals surface area contributed by atoms with Crippen LogP contribution in [0.15, 0.2) is 33.9 Å². The number of ether oxygens (including phenoxy) is 1. The van der Waals surface area contributed by atoms with Crippen molar-refractivity contribution in [2.75, 3.05) is 24.5 Å². The van der Waals surface area contributed by atoms with E-state index in [1.54, 1.807) is 18.2 Å². The number of imidazole rings is 1. The van der Waals surface area contributed by atoms with Crippen LogP contribution in [-0.4, -0.2) is 62.5 Å². The summed E-state index contributed by atoms with van der Waals surface area (Å²) >= 11 is 0. The van der Waals surface area contributed by atoms with Crippen LogP contribution in [0.4, 0.5) is 19.1 Å². The van der Waals surface area contributed by atoms with E-state index in [0.29, 0.717) is 6.54 Å². The number of aromatic nitrogens is 4. The zero-order valence-electron chi connectivity index (χ0n) is 18.9. The number of Topliss-reactive ketones (excluding diaryl/α,β-unsaturated/α-hetero) is 1. The number of fused-ring (bicyclic) bond motifs is 1. The smallest absolute Gasteiger partial charge is 0.433 e. The zero-order chi connectivity index (χ0) is 25.7. The van der Waals surface area contributed by atoms with Crippen LogP contribution in [-0.2, 0) is 23.6 Å². The van der Waals surface area contributed by atoms with Gasteiger partial charge in [0.25, 0.3) is 5.56 Å². The molecule has 0 amide bonds. The molecule has 3 heterocycles. The van der Waals surface area contributed by atoms with Gasteiger partial charge in [-0.2, -0.15) is 18.2 Å². The van der Waals surface area contributed by atoms with Gasteiger partial charge in [0.1, 0.15) is 0 Å². The molecule has 3 aromatic rings. The lowest BCUT2D eigenvalue weighted by atomic mass is 10.1. The van der Waals surface area contributed by atoms with E-state index in [1.165, 1.54) is 36.6 Å². The van der Waals surface area contributed by atoms with Crippen molar-refractivity contribution in [1.82, 2.24) is 24.0 Å². The molecule has 4 rings (SSSR count). The number of nitrogens with zero attached hydrogens (tertiary/aromatic N) is 5. The number of anilines is 1. The van der Waals surface area contributed by atoms with Gasteiger partial charge >= 0.3 is 17.8 Å². The van der Waals surface area contributed by atoms with Crippen molar-refractivity contribution in [3.63, 3.8) is 0 Å². The lowest BCUT2D eigenvalue weighted by Gasteiger charge is -2.36. The summed E-state index contributed by atoms with van der Waals surface area (Å²) in [5.74, 6) is -2.78. The maximum Gasteiger partial charge on any atom is 0.491 e. The number of ketones is 1. The Morgan fingerprint density at radius 2 is 1.83 bits per heavy atom. The molecule has 1 unspecified atom stereocenters. The molecule has 1 aliphatic rings. The topological polar surface area (TPSA) is 120 Å². The fourth-order valence-electron chi connectivity index (χ4n) is 3.97. The van der Waals surface area contributed by atoms with Crippen LogP contribution in [0.2, 0.25) is 0 Å². The Morgan fingerprint density at radius 3 is 2.49 bits per heavy atom. The number of nitrogens with one attached hydrogen (secondary N) is 1. The van der Waals surface area contributed by atoms with Gasteiger partial charge in [0.2, 0.25) is 5.95 Å². The van der Waals surface area contributed by atoms with E-state index in [4.69, 9.17) is 4.74 Å². The lowest BCUT2D eigenvalue weighted by Crippen LogP contribution is -2.55. The van der Waals surface area contributed by atoms with Crippen LogP contribution in [0.5, 0.6) is 0 Å². The average molecular weight is 494 g/mol. The Balaban J connectivity index is 2.04. The predicted octanol–water partition coefficient (Wildman–Crippen LogP) is 0.467. The molecule has 11 nitrogen and oxygen atoms in total. The Morgan fingerprint density at radius 1 is 1.14 bits per heavy atom. The number of hydrogen-bond donors (Lipinski definition) is 1. The predicted molar refractivity (Wildman–Crippen MR) is 118 cm³/mol. The SMILES string of the molecule is CC(=O)c1ccccc1-n1c(N2CCNCC2OC(=O)C(F)(F)F)nc2c1c(=O)n(C)c(=O)n2C. The summed E-state index contributed by atoms with van der Waals surface area (Å²) in [5.41, 5.74) is -1.07. The van der Waals surface area contributed by atoms with E-state index in [9.17, 15) is 32.3 Å². The molecule has 0 aliphatic carbocycles. The molecule has 1 N–H and O–H groups in total. The fourth-order valence-corrected chi connectivity index (χ4v) is 3.97. The molecule has 0 radical (unpaired) electrons. The van der Waals surface area contributed by atoms with Crippen LogP contribution in [0, 0.1) is 0 Å². The van der Waals surface area contributed by atoms with Crippen LogP contribution in [0.1, 0.15) is 17.3 Å². The van der Waals surface area contributed by atoms with Crippen molar-refractivity contribution in [3.8, 4) is 5.69 Å². The minimum absolute atomic E-state index is 0.0501. The summed E-state index contributed by atoms with van der Waals surface area (Å²) in [5, 5.41) is 2.86. The van der Waals surface area contributed by atoms with Crippen molar-refractivity contribution in [3.05, 3.63) is 50.7 Å². The Bertz CT molecular complexity index is 1450. The number of aryl methyl sites for hydroxylation is 1. The first-order valence-electron chi connectivity index (χ1n) is 10.5. The molecule has 186 valence electrons. The highest BCUT2D eigenvalue weighted by Crippen LogP contribution is 2.30. The molecule has 0 spiro atoms. The highest BCUT2D eigenvalue weighted by Gasteiger charge is 2.44. The normalized spacial score (nSPS) is 16.5. The Hall–Kier alpha value is -3.94. The second-order valence-electron chi connectivity index (χ2n) is 7.95. The van der Waals surface area contributed by atoms with Crippen LogP contribution >= 0.6 is 0 Å². The third-order valence-corrected chi connectivity index (χ3v) is 5.69. The largest absolute Gasteiger partial charge is 0.491 e. The van der Waals surface area contributed by atoms with Gasteiger partial charge in [-0.15, -0.1) is 0 Å². The second kappa shape index (κ2) is 8.69. The third-order valence-electron chi connectivity index (χ3n) is 5.69. The number of para-hydroxylation sites is 1. The van der Waals surface area contributed by atoms with E-state index in [1.807, 2.05) is 0 Å². The maximum atomic E-state index is 13.2. The molecule has 1 aromatic carbocycles. The van der Waals surface area contributed by atoms with Gasteiger partial charge in [0, 0.05) is 32.7 Å². The number of carbonyl (C=O) groups is 2. The van der Waals surface area contributed by atoms with E-state index in [-0.39, 0.29) is 47.2 Å². The summed E-state index contributed by atoms with van der Waals surface area (Å²) in [6, 6.07) is 6.30. The Kier molecular flexibility index (Phi) is 6.00. The highest BCUT2D eigenvalue weighted by atomic mass is 19.4. The maximum absolute atomic E-state index is 13.2. The third kappa shape index (κ3) is 4.09. The molecule has 1 aliphatic heterocycles. The van der Waals surface area contributed by atoms with Gasteiger partial charge < -0.3 is 15.0 Å². The van der Waals surface area contributed by atoms with Crippen molar-refractivity contribution >= 4 is 28.9 Å². The monoisotopic (exact) mass is 494 g/mol. The molecule has 1 fully saturated rings. The standard InChI is InChI=1S/C21H21F3N6O5/c1-11(31)12-6-4-5-7-13(12)30-15-16(27(2)20(34)28(3)17(15)32)26-19(30)29-9-8-25-10-14(29)35-18(33)21(22,23)24/h4-7,14,25H,8-10H2,1-3H3. The molecule has 1 atom stereocenters. The molecule has 0 saturated carbocycles. The van der Waals surface area contributed by atoms with Crippen LogP contribution in [0.3, 0.4) is 0 Å².